The maximum absolute atomic E-state index is 11.0. The zero-order valence-electron chi connectivity index (χ0n) is 11.0. The molecule has 0 saturated carbocycles. The predicted octanol–water partition coefficient (Wildman–Crippen LogP) is 4.66. The summed E-state index contributed by atoms with van der Waals surface area (Å²) in [5, 5.41) is 0. The minimum atomic E-state index is 0.293. The van der Waals surface area contributed by atoms with Gasteiger partial charge in [0.2, 0.25) is 0 Å². The zero-order chi connectivity index (χ0) is 12.7. The summed E-state index contributed by atoms with van der Waals surface area (Å²) in [6, 6.07) is 8.82. The summed E-state index contributed by atoms with van der Waals surface area (Å²) in [5.41, 5.74) is 1.37. The lowest BCUT2D eigenvalue weighted by molar-refractivity contribution is -0.117. The molecule has 0 heterocycles. The predicted molar refractivity (Wildman–Crippen MR) is 75.8 cm³/mol. The molecule has 0 saturated heterocycles. The van der Waals surface area contributed by atoms with Crippen LogP contribution in [0.25, 0.3) is 0 Å². The minimum absolute atomic E-state index is 0.293. The molecule has 1 nitrogen and oxygen atoms in total. The zero-order valence-corrected chi connectivity index (χ0v) is 11.8. The molecule has 0 N–H and O–H groups in total. The lowest BCUT2D eigenvalue weighted by Crippen LogP contribution is -2.00. The molecule has 0 fully saturated rings. The summed E-state index contributed by atoms with van der Waals surface area (Å²) in [5.74, 6) is 1.93. The van der Waals surface area contributed by atoms with Crippen molar-refractivity contribution in [3.8, 4) is 0 Å². The van der Waals surface area contributed by atoms with Crippen LogP contribution in [-0.4, -0.2) is 11.5 Å². The van der Waals surface area contributed by atoms with Crippen molar-refractivity contribution in [2.75, 3.05) is 5.75 Å². The van der Waals surface area contributed by atoms with Crippen LogP contribution in [0.15, 0.2) is 29.2 Å². The van der Waals surface area contributed by atoms with Crippen LogP contribution in [0.3, 0.4) is 0 Å². The van der Waals surface area contributed by atoms with E-state index in [0.29, 0.717) is 18.1 Å². The number of carbonyl (C=O) groups excluding carboxylic acids is 1. The fraction of sp³-hybridized carbons (Fsp3) is 0.533. The smallest absolute Gasteiger partial charge is 0.129 e. The van der Waals surface area contributed by atoms with Gasteiger partial charge in [-0.05, 0) is 49.1 Å². The van der Waals surface area contributed by atoms with E-state index in [1.54, 1.807) is 6.92 Å². The van der Waals surface area contributed by atoms with Crippen molar-refractivity contribution in [3.63, 3.8) is 0 Å². The molecule has 17 heavy (non-hydrogen) atoms. The van der Waals surface area contributed by atoms with Crippen molar-refractivity contribution < 1.29 is 4.79 Å². The SMILES string of the molecule is CCSc1ccc(C(CC)CCC(C)=O)cc1. The summed E-state index contributed by atoms with van der Waals surface area (Å²) < 4.78 is 0. The van der Waals surface area contributed by atoms with Gasteiger partial charge in [-0.2, -0.15) is 0 Å². The van der Waals surface area contributed by atoms with Crippen molar-refractivity contribution in [2.45, 2.75) is 50.8 Å². The molecule has 1 aromatic rings. The monoisotopic (exact) mass is 250 g/mol. The fourth-order valence-electron chi connectivity index (χ4n) is 1.99. The molecule has 1 atom stereocenters. The third-order valence-electron chi connectivity index (χ3n) is 3.00. The van der Waals surface area contributed by atoms with Crippen LogP contribution >= 0.6 is 11.8 Å². The van der Waals surface area contributed by atoms with Crippen molar-refractivity contribution in [1.29, 1.82) is 0 Å². The molecule has 0 aliphatic heterocycles. The molecule has 1 rings (SSSR count). The quantitative estimate of drug-likeness (QED) is 0.655. The van der Waals surface area contributed by atoms with E-state index in [-0.39, 0.29) is 0 Å². The summed E-state index contributed by atoms with van der Waals surface area (Å²) in [4.78, 5) is 12.4. The minimum Gasteiger partial charge on any atom is -0.300 e. The Morgan fingerprint density at radius 1 is 1.24 bits per heavy atom. The van der Waals surface area contributed by atoms with E-state index in [1.165, 1.54) is 10.5 Å². The average molecular weight is 250 g/mol. The highest BCUT2D eigenvalue weighted by molar-refractivity contribution is 7.99. The normalized spacial score (nSPS) is 12.4. The Morgan fingerprint density at radius 2 is 1.88 bits per heavy atom. The van der Waals surface area contributed by atoms with E-state index in [0.717, 1.165) is 18.6 Å². The lowest BCUT2D eigenvalue weighted by atomic mass is 9.91. The van der Waals surface area contributed by atoms with Gasteiger partial charge < -0.3 is 4.79 Å². The second kappa shape index (κ2) is 7.54. The number of carbonyl (C=O) groups is 1. The highest BCUT2D eigenvalue weighted by Gasteiger charge is 2.10. The number of Topliss-reactive ketones (excluding diaryl/α,β-unsaturated/α-hetero) is 1. The van der Waals surface area contributed by atoms with Gasteiger partial charge in [0.25, 0.3) is 0 Å². The van der Waals surface area contributed by atoms with Crippen LogP contribution in [0.4, 0.5) is 0 Å². The molecule has 0 amide bonds. The standard InChI is InChI=1S/C15H22OS/c1-4-13(7-6-12(3)16)14-8-10-15(11-9-14)17-5-2/h8-11,13H,4-7H2,1-3H3. The Labute approximate surface area is 109 Å². The molecule has 0 aliphatic rings. The molecule has 0 spiro atoms. The van der Waals surface area contributed by atoms with Crippen LogP contribution < -0.4 is 0 Å². The lowest BCUT2D eigenvalue weighted by Gasteiger charge is -2.14. The summed E-state index contributed by atoms with van der Waals surface area (Å²) in [6.45, 7) is 6.04. The number of ketones is 1. The van der Waals surface area contributed by atoms with Crippen LogP contribution in [0.1, 0.15) is 51.5 Å². The molecule has 0 aliphatic carbocycles. The van der Waals surface area contributed by atoms with Gasteiger partial charge in [-0.1, -0.05) is 26.0 Å². The summed E-state index contributed by atoms with van der Waals surface area (Å²) in [7, 11) is 0. The topological polar surface area (TPSA) is 17.1 Å². The van der Waals surface area contributed by atoms with Gasteiger partial charge in [-0.3, -0.25) is 0 Å². The summed E-state index contributed by atoms with van der Waals surface area (Å²) >= 11 is 1.87. The van der Waals surface area contributed by atoms with E-state index in [4.69, 9.17) is 0 Å². The van der Waals surface area contributed by atoms with Gasteiger partial charge in [-0.15, -0.1) is 11.8 Å². The van der Waals surface area contributed by atoms with Gasteiger partial charge in [-0.25, -0.2) is 0 Å². The first-order valence-electron chi connectivity index (χ1n) is 6.39. The number of rotatable bonds is 7. The van der Waals surface area contributed by atoms with Crippen LogP contribution in [0, 0.1) is 0 Å². The second-order valence-electron chi connectivity index (χ2n) is 4.35. The first-order chi connectivity index (χ1) is 8.17. The van der Waals surface area contributed by atoms with Gasteiger partial charge in [0, 0.05) is 11.3 Å². The van der Waals surface area contributed by atoms with E-state index >= 15 is 0 Å². The van der Waals surface area contributed by atoms with E-state index in [1.807, 2.05) is 11.8 Å². The van der Waals surface area contributed by atoms with Crippen molar-refractivity contribution >= 4 is 17.5 Å². The van der Waals surface area contributed by atoms with Crippen LogP contribution in [0.5, 0.6) is 0 Å². The molecule has 1 unspecified atom stereocenters. The molecule has 1 aromatic carbocycles. The largest absolute Gasteiger partial charge is 0.300 e. The molecule has 94 valence electrons. The first-order valence-corrected chi connectivity index (χ1v) is 7.38. The number of benzene rings is 1. The maximum Gasteiger partial charge on any atom is 0.129 e. The number of thioether (sulfide) groups is 1. The maximum atomic E-state index is 11.0. The highest BCUT2D eigenvalue weighted by atomic mass is 32.2. The van der Waals surface area contributed by atoms with Gasteiger partial charge >= 0.3 is 0 Å². The second-order valence-corrected chi connectivity index (χ2v) is 5.69. The Balaban J connectivity index is 2.64. The average Bonchev–Trinajstić information content (AvgIpc) is 2.32. The Hall–Kier alpha value is -0.760. The molecule has 2 heteroatoms. The van der Waals surface area contributed by atoms with E-state index < -0.39 is 0 Å². The molecule has 0 bridgehead atoms. The van der Waals surface area contributed by atoms with E-state index in [2.05, 4.69) is 38.1 Å². The van der Waals surface area contributed by atoms with Gasteiger partial charge in [0.15, 0.2) is 0 Å². The van der Waals surface area contributed by atoms with Crippen molar-refractivity contribution in [1.82, 2.24) is 0 Å². The third-order valence-corrected chi connectivity index (χ3v) is 3.89. The first kappa shape index (κ1) is 14.3. The van der Waals surface area contributed by atoms with E-state index in [9.17, 15) is 4.79 Å². The molecular formula is C15H22OS. The van der Waals surface area contributed by atoms with Crippen molar-refractivity contribution in [3.05, 3.63) is 29.8 Å². The number of hydrogen-bond donors (Lipinski definition) is 0. The van der Waals surface area contributed by atoms with Gasteiger partial charge in [0.1, 0.15) is 5.78 Å². The molecular weight excluding hydrogens is 228 g/mol. The van der Waals surface area contributed by atoms with Crippen LogP contribution in [0.2, 0.25) is 0 Å². The highest BCUT2D eigenvalue weighted by Crippen LogP contribution is 2.27. The number of hydrogen-bond acceptors (Lipinski definition) is 2. The Kier molecular flexibility index (Phi) is 6.35. The van der Waals surface area contributed by atoms with Crippen molar-refractivity contribution in [2.24, 2.45) is 0 Å². The van der Waals surface area contributed by atoms with Crippen LogP contribution in [-0.2, 0) is 4.79 Å². The fourth-order valence-corrected chi connectivity index (χ4v) is 2.65. The Morgan fingerprint density at radius 3 is 2.35 bits per heavy atom. The third kappa shape index (κ3) is 4.95. The molecule has 0 radical (unpaired) electrons. The van der Waals surface area contributed by atoms with Gasteiger partial charge in [0.05, 0.1) is 0 Å². The summed E-state index contributed by atoms with van der Waals surface area (Å²) in [6.07, 6.45) is 2.78. The Bertz CT molecular complexity index is 342. The molecule has 0 aromatic heterocycles.